The SMILES string of the molecule is Nc1ncnc2c(CN3CC[C@@H](CO)C3)c[nH]c12. The molecule has 0 bridgehead atoms. The first-order valence-corrected chi connectivity index (χ1v) is 6.17. The molecule has 3 rings (SSSR count). The molecule has 0 saturated carbocycles. The molecule has 4 N–H and O–H groups in total. The molecule has 6 heteroatoms. The maximum Gasteiger partial charge on any atom is 0.151 e. The summed E-state index contributed by atoms with van der Waals surface area (Å²) in [5, 5.41) is 9.15. The summed E-state index contributed by atoms with van der Waals surface area (Å²) in [6.45, 7) is 3.09. The zero-order valence-corrected chi connectivity index (χ0v) is 10.1. The van der Waals surface area contributed by atoms with Crippen LogP contribution in [-0.2, 0) is 6.54 Å². The van der Waals surface area contributed by atoms with Crippen molar-refractivity contribution in [1.29, 1.82) is 0 Å². The molecule has 1 saturated heterocycles. The number of fused-ring (bicyclic) bond motifs is 1. The Bertz CT molecular complexity index is 552. The highest BCUT2D eigenvalue weighted by Gasteiger charge is 2.22. The van der Waals surface area contributed by atoms with Crippen LogP contribution in [0.15, 0.2) is 12.5 Å². The molecule has 2 aromatic rings. The Morgan fingerprint density at radius 3 is 3.17 bits per heavy atom. The highest BCUT2D eigenvalue weighted by molar-refractivity contribution is 5.86. The molecular weight excluding hydrogens is 230 g/mol. The summed E-state index contributed by atoms with van der Waals surface area (Å²) in [6, 6.07) is 0. The summed E-state index contributed by atoms with van der Waals surface area (Å²) in [5.41, 5.74) is 8.64. The minimum Gasteiger partial charge on any atom is -0.396 e. The molecule has 1 aliphatic heterocycles. The van der Waals surface area contributed by atoms with E-state index in [0.717, 1.165) is 42.7 Å². The lowest BCUT2D eigenvalue weighted by Crippen LogP contribution is -2.20. The van der Waals surface area contributed by atoms with E-state index in [9.17, 15) is 0 Å². The van der Waals surface area contributed by atoms with E-state index in [2.05, 4.69) is 19.9 Å². The number of nitrogen functional groups attached to an aromatic ring is 1. The van der Waals surface area contributed by atoms with Gasteiger partial charge in [0.05, 0.1) is 5.52 Å². The summed E-state index contributed by atoms with van der Waals surface area (Å²) in [7, 11) is 0. The molecule has 0 radical (unpaired) electrons. The van der Waals surface area contributed by atoms with E-state index in [4.69, 9.17) is 10.8 Å². The third-order valence-corrected chi connectivity index (χ3v) is 3.59. The Balaban J connectivity index is 1.81. The highest BCUT2D eigenvalue weighted by Crippen LogP contribution is 2.23. The number of hydrogen-bond donors (Lipinski definition) is 3. The lowest BCUT2D eigenvalue weighted by atomic mass is 10.1. The molecule has 0 aromatic carbocycles. The molecule has 3 heterocycles. The molecule has 6 nitrogen and oxygen atoms in total. The van der Waals surface area contributed by atoms with E-state index in [-0.39, 0.29) is 6.61 Å². The van der Waals surface area contributed by atoms with Gasteiger partial charge in [0, 0.05) is 31.5 Å². The number of likely N-dealkylation sites (tertiary alicyclic amines) is 1. The van der Waals surface area contributed by atoms with Gasteiger partial charge in [-0.15, -0.1) is 0 Å². The first-order chi connectivity index (χ1) is 8.78. The number of nitrogens with zero attached hydrogens (tertiary/aromatic N) is 3. The van der Waals surface area contributed by atoms with Gasteiger partial charge in [0.2, 0.25) is 0 Å². The third kappa shape index (κ3) is 1.93. The number of aliphatic hydroxyl groups is 1. The second-order valence-corrected chi connectivity index (χ2v) is 4.87. The first-order valence-electron chi connectivity index (χ1n) is 6.17. The second kappa shape index (κ2) is 4.55. The van der Waals surface area contributed by atoms with E-state index in [1.807, 2.05) is 6.20 Å². The van der Waals surface area contributed by atoms with Crippen LogP contribution in [0.5, 0.6) is 0 Å². The van der Waals surface area contributed by atoms with Crippen molar-refractivity contribution in [2.24, 2.45) is 5.92 Å². The maximum absolute atomic E-state index is 9.15. The number of rotatable bonds is 3. The minimum absolute atomic E-state index is 0.277. The number of aromatic nitrogens is 3. The van der Waals surface area contributed by atoms with Crippen LogP contribution in [0.1, 0.15) is 12.0 Å². The van der Waals surface area contributed by atoms with E-state index < -0.39 is 0 Å². The smallest absolute Gasteiger partial charge is 0.151 e. The highest BCUT2D eigenvalue weighted by atomic mass is 16.3. The fraction of sp³-hybridized carbons (Fsp3) is 0.500. The molecule has 0 aliphatic carbocycles. The van der Waals surface area contributed by atoms with Crippen LogP contribution >= 0.6 is 0 Å². The van der Waals surface area contributed by atoms with E-state index in [0.29, 0.717) is 11.7 Å². The number of hydrogen-bond acceptors (Lipinski definition) is 5. The Kier molecular flexibility index (Phi) is 2.89. The summed E-state index contributed by atoms with van der Waals surface area (Å²) < 4.78 is 0. The fourth-order valence-corrected chi connectivity index (χ4v) is 2.58. The zero-order chi connectivity index (χ0) is 12.5. The van der Waals surface area contributed by atoms with Gasteiger partial charge in [-0.2, -0.15) is 0 Å². The van der Waals surface area contributed by atoms with Crippen molar-refractivity contribution in [2.75, 3.05) is 25.4 Å². The predicted molar refractivity (Wildman–Crippen MR) is 68.8 cm³/mol. The van der Waals surface area contributed by atoms with Crippen LogP contribution in [0.3, 0.4) is 0 Å². The lowest BCUT2D eigenvalue weighted by molar-refractivity contribution is 0.220. The molecule has 1 fully saturated rings. The summed E-state index contributed by atoms with van der Waals surface area (Å²) in [5.74, 6) is 0.899. The fourth-order valence-electron chi connectivity index (χ4n) is 2.58. The van der Waals surface area contributed by atoms with Crippen LogP contribution in [0.2, 0.25) is 0 Å². The zero-order valence-electron chi connectivity index (χ0n) is 10.1. The van der Waals surface area contributed by atoms with Crippen LogP contribution in [0.4, 0.5) is 5.82 Å². The summed E-state index contributed by atoms with van der Waals surface area (Å²) in [6.07, 6.45) is 4.51. The molecule has 96 valence electrons. The average molecular weight is 247 g/mol. The molecule has 0 spiro atoms. The quantitative estimate of drug-likeness (QED) is 0.728. The van der Waals surface area contributed by atoms with Gasteiger partial charge in [-0.05, 0) is 18.9 Å². The van der Waals surface area contributed by atoms with Crippen molar-refractivity contribution in [3.63, 3.8) is 0 Å². The van der Waals surface area contributed by atoms with Gasteiger partial charge in [0.1, 0.15) is 11.8 Å². The summed E-state index contributed by atoms with van der Waals surface area (Å²) >= 11 is 0. The van der Waals surface area contributed by atoms with Crippen LogP contribution < -0.4 is 5.73 Å². The van der Waals surface area contributed by atoms with E-state index >= 15 is 0 Å². The van der Waals surface area contributed by atoms with Crippen LogP contribution in [-0.4, -0.2) is 44.7 Å². The molecule has 2 aromatic heterocycles. The van der Waals surface area contributed by atoms with Gasteiger partial charge in [-0.25, -0.2) is 9.97 Å². The predicted octanol–water partition coefficient (Wildman–Crippen LogP) is 0.354. The number of nitrogens with two attached hydrogens (primary N) is 1. The lowest BCUT2D eigenvalue weighted by Gasteiger charge is -2.14. The molecule has 18 heavy (non-hydrogen) atoms. The monoisotopic (exact) mass is 247 g/mol. The molecule has 1 aliphatic rings. The first kappa shape index (κ1) is 11.4. The molecule has 0 amide bonds. The Labute approximate surface area is 105 Å². The van der Waals surface area contributed by atoms with E-state index in [1.165, 1.54) is 6.33 Å². The van der Waals surface area contributed by atoms with Gasteiger partial charge >= 0.3 is 0 Å². The average Bonchev–Trinajstić information content (AvgIpc) is 2.98. The van der Waals surface area contributed by atoms with Crippen LogP contribution in [0, 0.1) is 5.92 Å². The van der Waals surface area contributed by atoms with Gasteiger partial charge in [-0.3, -0.25) is 4.90 Å². The molecule has 0 unspecified atom stereocenters. The Morgan fingerprint density at radius 2 is 2.39 bits per heavy atom. The van der Waals surface area contributed by atoms with Crippen LogP contribution in [0.25, 0.3) is 11.0 Å². The number of anilines is 1. The number of aliphatic hydroxyl groups excluding tert-OH is 1. The molecule has 1 atom stereocenters. The van der Waals surface area contributed by atoms with Crippen molar-refractivity contribution < 1.29 is 5.11 Å². The second-order valence-electron chi connectivity index (χ2n) is 4.87. The standard InChI is InChI=1S/C12H17N5O/c13-12-11-10(15-7-16-12)9(3-14-11)5-17-2-1-8(4-17)6-18/h3,7-8,14,18H,1-2,4-6H2,(H2,13,15,16)/t8-/m1/s1. The summed E-state index contributed by atoms with van der Waals surface area (Å²) in [4.78, 5) is 13.7. The largest absolute Gasteiger partial charge is 0.396 e. The minimum atomic E-state index is 0.277. The number of H-pyrrole nitrogens is 1. The molecular formula is C12H17N5O. The van der Waals surface area contributed by atoms with Crippen molar-refractivity contribution in [3.8, 4) is 0 Å². The van der Waals surface area contributed by atoms with Crippen molar-refractivity contribution in [2.45, 2.75) is 13.0 Å². The Hall–Kier alpha value is -1.66. The van der Waals surface area contributed by atoms with Gasteiger partial charge in [0.15, 0.2) is 5.82 Å². The Morgan fingerprint density at radius 1 is 1.50 bits per heavy atom. The number of nitrogens with one attached hydrogen (secondary N) is 1. The van der Waals surface area contributed by atoms with Crippen molar-refractivity contribution in [1.82, 2.24) is 19.9 Å². The van der Waals surface area contributed by atoms with E-state index in [1.54, 1.807) is 0 Å². The van der Waals surface area contributed by atoms with Gasteiger partial charge in [-0.1, -0.05) is 0 Å². The van der Waals surface area contributed by atoms with Gasteiger partial charge in [0.25, 0.3) is 0 Å². The van der Waals surface area contributed by atoms with Crippen molar-refractivity contribution in [3.05, 3.63) is 18.1 Å². The van der Waals surface area contributed by atoms with Crippen molar-refractivity contribution >= 4 is 16.9 Å². The number of aromatic amines is 1. The maximum atomic E-state index is 9.15. The third-order valence-electron chi connectivity index (χ3n) is 3.59. The van der Waals surface area contributed by atoms with Gasteiger partial charge < -0.3 is 15.8 Å². The normalized spacial score (nSPS) is 20.8. The topological polar surface area (TPSA) is 91.1 Å².